The largest absolute Gasteiger partial charge is 0.491 e. The minimum Gasteiger partial charge on any atom is -0.491 e. The van der Waals surface area contributed by atoms with Crippen molar-refractivity contribution >= 4 is 11.8 Å². The molecule has 0 saturated heterocycles. The second kappa shape index (κ2) is 4.01. The number of alkyl halides is 3. The molecule has 0 aliphatic carbocycles. The van der Waals surface area contributed by atoms with Gasteiger partial charge in [0.25, 0.3) is 0 Å². The van der Waals surface area contributed by atoms with E-state index in [0.717, 1.165) is 6.07 Å². The first-order valence-corrected chi connectivity index (χ1v) is 4.96. The van der Waals surface area contributed by atoms with Gasteiger partial charge in [0.2, 0.25) is 0 Å². The Labute approximate surface area is 99.0 Å². The summed E-state index contributed by atoms with van der Waals surface area (Å²) in [5.74, 6) is -2.69. The number of halogens is 3. The lowest BCUT2D eigenvalue weighted by Crippen LogP contribution is -2.23. The molecule has 1 aromatic carbocycles. The Balaban J connectivity index is 2.74. The monoisotopic (exact) mass is 260 g/mol. The lowest BCUT2D eigenvalue weighted by molar-refractivity contribution is -0.138. The van der Waals surface area contributed by atoms with Crippen LogP contribution in [0.4, 0.5) is 13.2 Å². The standard InChI is InChI=1S/C11H7F3O4/c12-11(13,14)6-2-1-5(10(16)17)9-8(6)7(15)3-4-18-9/h1-2H,3-4H2,(H,16,17). The van der Waals surface area contributed by atoms with E-state index in [9.17, 15) is 22.8 Å². The highest BCUT2D eigenvalue weighted by atomic mass is 19.4. The second-order valence-corrected chi connectivity index (χ2v) is 3.69. The molecule has 0 unspecified atom stereocenters. The average Bonchev–Trinajstić information content (AvgIpc) is 2.26. The summed E-state index contributed by atoms with van der Waals surface area (Å²) < 4.78 is 43.1. The maximum atomic E-state index is 12.7. The van der Waals surface area contributed by atoms with Crippen molar-refractivity contribution in [3.8, 4) is 5.75 Å². The molecule has 0 atom stereocenters. The van der Waals surface area contributed by atoms with E-state index < -0.39 is 40.4 Å². The Morgan fingerprint density at radius 3 is 2.56 bits per heavy atom. The highest BCUT2D eigenvalue weighted by Gasteiger charge is 2.39. The second-order valence-electron chi connectivity index (χ2n) is 3.69. The number of hydrogen-bond donors (Lipinski definition) is 1. The number of carboxylic acid groups (broad SMARTS) is 1. The smallest absolute Gasteiger partial charge is 0.417 e. The maximum absolute atomic E-state index is 12.7. The average molecular weight is 260 g/mol. The molecule has 0 aromatic heterocycles. The van der Waals surface area contributed by atoms with Crippen LogP contribution in [0.2, 0.25) is 0 Å². The minimum atomic E-state index is -4.72. The summed E-state index contributed by atoms with van der Waals surface area (Å²) in [6.07, 6.45) is -4.92. The molecule has 7 heteroatoms. The molecule has 18 heavy (non-hydrogen) atoms. The number of ketones is 1. The topological polar surface area (TPSA) is 63.6 Å². The van der Waals surface area contributed by atoms with Crippen molar-refractivity contribution in [2.24, 2.45) is 0 Å². The molecule has 4 nitrogen and oxygen atoms in total. The number of rotatable bonds is 1. The molecular weight excluding hydrogens is 253 g/mol. The fraction of sp³-hybridized carbons (Fsp3) is 0.273. The number of fused-ring (bicyclic) bond motifs is 1. The molecule has 0 amide bonds. The normalized spacial score (nSPS) is 14.9. The van der Waals surface area contributed by atoms with Crippen LogP contribution in [0.1, 0.15) is 32.7 Å². The van der Waals surface area contributed by atoms with Crippen molar-refractivity contribution in [2.45, 2.75) is 12.6 Å². The number of carbonyl (C=O) groups excluding carboxylic acids is 1. The Morgan fingerprint density at radius 2 is 2.00 bits per heavy atom. The van der Waals surface area contributed by atoms with Crippen LogP contribution in [-0.2, 0) is 6.18 Å². The van der Waals surface area contributed by atoms with Gasteiger partial charge in [0.05, 0.1) is 17.7 Å². The summed E-state index contributed by atoms with van der Waals surface area (Å²) in [6, 6.07) is 1.39. The number of benzene rings is 1. The minimum absolute atomic E-state index is 0.118. The zero-order chi connectivity index (χ0) is 13.5. The van der Waals surface area contributed by atoms with Gasteiger partial charge in [-0.25, -0.2) is 4.79 Å². The predicted octanol–water partition coefficient (Wildman–Crippen LogP) is 2.37. The van der Waals surface area contributed by atoms with Gasteiger partial charge in [-0.1, -0.05) is 0 Å². The fourth-order valence-electron chi connectivity index (χ4n) is 1.78. The first-order chi connectivity index (χ1) is 8.32. The van der Waals surface area contributed by atoms with Gasteiger partial charge in [0.1, 0.15) is 11.3 Å². The highest BCUT2D eigenvalue weighted by Crippen LogP contribution is 2.40. The number of Topliss-reactive ketones (excluding diaryl/α,β-unsaturated/α-hetero) is 1. The third-order valence-electron chi connectivity index (χ3n) is 2.55. The molecular formula is C11H7F3O4. The summed E-state index contributed by atoms with van der Waals surface area (Å²) in [5, 5.41) is 8.85. The van der Waals surface area contributed by atoms with E-state index in [1.54, 1.807) is 0 Å². The van der Waals surface area contributed by atoms with E-state index in [4.69, 9.17) is 9.84 Å². The van der Waals surface area contributed by atoms with Crippen LogP contribution in [0.3, 0.4) is 0 Å². The van der Waals surface area contributed by atoms with Gasteiger partial charge in [-0.05, 0) is 12.1 Å². The van der Waals surface area contributed by atoms with Crippen LogP contribution in [0.25, 0.3) is 0 Å². The molecule has 1 heterocycles. The van der Waals surface area contributed by atoms with Gasteiger partial charge in [-0.2, -0.15) is 13.2 Å². The van der Waals surface area contributed by atoms with Crippen molar-refractivity contribution in [1.29, 1.82) is 0 Å². The molecule has 0 spiro atoms. The number of ether oxygens (including phenoxy) is 1. The van der Waals surface area contributed by atoms with Gasteiger partial charge in [0.15, 0.2) is 5.78 Å². The Kier molecular flexibility index (Phi) is 2.76. The molecule has 0 fully saturated rings. The first kappa shape index (κ1) is 12.4. The molecule has 0 radical (unpaired) electrons. The maximum Gasteiger partial charge on any atom is 0.417 e. The number of carboxylic acids is 1. The van der Waals surface area contributed by atoms with Gasteiger partial charge in [0, 0.05) is 6.42 Å². The van der Waals surface area contributed by atoms with Crippen LogP contribution < -0.4 is 4.74 Å². The van der Waals surface area contributed by atoms with Crippen molar-refractivity contribution in [3.05, 3.63) is 28.8 Å². The van der Waals surface area contributed by atoms with Gasteiger partial charge in [-0.3, -0.25) is 4.79 Å². The SMILES string of the molecule is O=C(O)c1ccc(C(F)(F)F)c2c1OCCC2=O. The van der Waals surface area contributed by atoms with Gasteiger partial charge >= 0.3 is 12.1 Å². The molecule has 1 aliphatic rings. The van der Waals surface area contributed by atoms with E-state index in [2.05, 4.69) is 0 Å². The third kappa shape index (κ3) is 1.92. The number of carbonyl (C=O) groups is 2. The summed E-state index contributed by atoms with van der Waals surface area (Å²) in [5.41, 5.74) is -2.29. The zero-order valence-electron chi connectivity index (χ0n) is 8.87. The lowest BCUT2D eigenvalue weighted by atomic mass is 9.95. The van der Waals surface area contributed by atoms with Gasteiger partial charge < -0.3 is 9.84 Å². The van der Waals surface area contributed by atoms with Crippen molar-refractivity contribution in [1.82, 2.24) is 0 Å². The molecule has 1 aromatic rings. The number of aromatic carboxylic acids is 1. The molecule has 2 rings (SSSR count). The van der Waals surface area contributed by atoms with E-state index in [1.807, 2.05) is 0 Å². The number of hydrogen-bond acceptors (Lipinski definition) is 3. The molecule has 96 valence electrons. The van der Waals surface area contributed by atoms with Crippen molar-refractivity contribution < 1.29 is 32.6 Å². The predicted molar refractivity (Wildman–Crippen MR) is 52.8 cm³/mol. The van der Waals surface area contributed by atoms with Gasteiger partial charge in [-0.15, -0.1) is 0 Å². The Hall–Kier alpha value is -2.05. The van der Waals surface area contributed by atoms with E-state index in [1.165, 1.54) is 0 Å². The molecule has 1 N–H and O–H groups in total. The van der Waals surface area contributed by atoms with Crippen LogP contribution >= 0.6 is 0 Å². The first-order valence-electron chi connectivity index (χ1n) is 4.96. The van der Waals surface area contributed by atoms with E-state index in [0.29, 0.717) is 6.07 Å². The lowest BCUT2D eigenvalue weighted by Gasteiger charge is -2.21. The summed E-state index contributed by atoms with van der Waals surface area (Å²) in [7, 11) is 0. The fourth-order valence-corrected chi connectivity index (χ4v) is 1.78. The van der Waals surface area contributed by atoms with Crippen LogP contribution in [0.15, 0.2) is 12.1 Å². The van der Waals surface area contributed by atoms with E-state index >= 15 is 0 Å². The zero-order valence-corrected chi connectivity index (χ0v) is 8.87. The Morgan fingerprint density at radius 1 is 1.33 bits per heavy atom. The van der Waals surface area contributed by atoms with Crippen molar-refractivity contribution in [3.63, 3.8) is 0 Å². The Bertz CT molecular complexity index is 534. The van der Waals surface area contributed by atoms with Crippen LogP contribution in [0.5, 0.6) is 5.75 Å². The summed E-state index contributed by atoms with van der Waals surface area (Å²) in [4.78, 5) is 22.4. The van der Waals surface area contributed by atoms with E-state index in [-0.39, 0.29) is 13.0 Å². The third-order valence-corrected chi connectivity index (χ3v) is 2.55. The quantitative estimate of drug-likeness (QED) is 0.841. The van der Waals surface area contributed by atoms with Crippen LogP contribution in [-0.4, -0.2) is 23.5 Å². The summed E-state index contributed by atoms with van der Waals surface area (Å²) in [6.45, 7) is -0.118. The highest BCUT2D eigenvalue weighted by molar-refractivity contribution is 6.05. The van der Waals surface area contributed by atoms with Crippen molar-refractivity contribution in [2.75, 3.05) is 6.61 Å². The molecule has 0 bridgehead atoms. The summed E-state index contributed by atoms with van der Waals surface area (Å²) >= 11 is 0. The van der Waals surface area contributed by atoms with Crippen LogP contribution in [0, 0.1) is 0 Å². The molecule has 0 saturated carbocycles. The molecule has 1 aliphatic heterocycles.